The van der Waals surface area contributed by atoms with Gasteiger partial charge in [-0.05, 0) is 118 Å². The SMILES string of the molecule is COC[C@@]1(C)[C@@H]2CC[C@H]3C(=CC(=O)[C@@]4(C)[C@H](C(=O)O)[C@@](C)([C@H](C)C(C)C)CC[C@]34C)C2C[C@@H](OC(C)=O)[C@@H]1OCCN(CCCN)CCCN. The van der Waals surface area contributed by atoms with Gasteiger partial charge in [0.15, 0.2) is 5.78 Å². The predicted molar refractivity (Wildman–Crippen MR) is 195 cm³/mol. The quantitative estimate of drug-likeness (QED) is 0.180. The van der Waals surface area contributed by atoms with Gasteiger partial charge in [0, 0.05) is 31.4 Å². The summed E-state index contributed by atoms with van der Waals surface area (Å²) in [5, 5.41) is 10.9. The molecule has 0 aromatic heterocycles. The van der Waals surface area contributed by atoms with E-state index in [9.17, 15) is 19.5 Å². The molecule has 11 atom stereocenters. The number of nitrogens with zero attached hydrogens (tertiary/aromatic N) is 1. The number of carboxylic acid groups (broad SMARTS) is 1. The Morgan fingerprint density at radius 1 is 1.02 bits per heavy atom. The first kappa shape index (κ1) is 40.9. The van der Waals surface area contributed by atoms with Gasteiger partial charge in [0.1, 0.15) is 12.2 Å². The lowest BCUT2D eigenvalue weighted by Crippen LogP contribution is -2.67. The maximum absolute atomic E-state index is 14.8. The fourth-order valence-electron chi connectivity index (χ4n) is 11.6. The van der Waals surface area contributed by atoms with Crippen molar-refractivity contribution in [3.05, 3.63) is 11.6 Å². The molecule has 0 aliphatic heterocycles. The Hall–Kier alpha value is -1.85. The van der Waals surface area contributed by atoms with Crippen LogP contribution in [0.3, 0.4) is 0 Å². The zero-order valence-corrected chi connectivity index (χ0v) is 32.6. The van der Waals surface area contributed by atoms with Crippen LogP contribution in [0.15, 0.2) is 11.6 Å². The third kappa shape index (κ3) is 7.10. The van der Waals surface area contributed by atoms with Crippen LogP contribution in [0.4, 0.5) is 0 Å². The van der Waals surface area contributed by atoms with Crippen LogP contribution in [0.2, 0.25) is 0 Å². The Kier molecular flexibility index (Phi) is 13.1. The number of fused-ring (bicyclic) bond motifs is 5. The number of ketones is 1. The first-order valence-corrected chi connectivity index (χ1v) is 19.4. The van der Waals surface area contributed by atoms with E-state index >= 15 is 0 Å². The lowest BCUT2D eigenvalue weighted by molar-refractivity contribution is -0.212. The van der Waals surface area contributed by atoms with E-state index < -0.39 is 39.7 Å². The van der Waals surface area contributed by atoms with E-state index in [1.807, 2.05) is 13.0 Å². The number of hydrogen-bond acceptors (Lipinski definition) is 9. The minimum absolute atomic E-state index is 0.0137. The minimum Gasteiger partial charge on any atom is -0.481 e. The predicted octanol–water partition coefficient (Wildman–Crippen LogP) is 5.32. The highest BCUT2D eigenvalue weighted by Crippen LogP contribution is 2.71. The molecule has 0 radical (unpaired) electrons. The first-order chi connectivity index (χ1) is 23.5. The van der Waals surface area contributed by atoms with Gasteiger partial charge in [-0.15, -0.1) is 0 Å². The van der Waals surface area contributed by atoms with Crippen LogP contribution >= 0.6 is 0 Å². The molecule has 4 aliphatic rings. The summed E-state index contributed by atoms with van der Waals surface area (Å²) in [6, 6.07) is 0. The zero-order valence-electron chi connectivity index (χ0n) is 32.6. The second kappa shape index (κ2) is 16.0. The summed E-state index contributed by atoms with van der Waals surface area (Å²) >= 11 is 0. The maximum Gasteiger partial charge on any atom is 0.308 e. The van der Waals surface area contributed by atoms with Crippen molar-refractivity contribution in [2.24, 2.45) is 68.6 Å². The smallest absolute Gasteiger partial charge is 0.308 e. The second-order valence-electron chi connectivity index (χ2n) is 17.5. The standard InChI is InChI=1S/C40H69N3O7/c1-25(2)26(3)37(5)14-15-39(7)31-13-12-30-28(29(31)23-33(45)40(39,8)34(37)36(46)47)22-32(50-27(4)44)35(38(30,6)24-48-9)49-21-20-43(18-10-16-41)19-11-17-42/h23,25-26,28,30-32,34-35H,10-22,24,41-42H2,1-9H3,(H,46,47)/t26-,28?,30-,31+,32-,34-,35+,37-,38+,39-,40+/m1/s1. The molecule has 3 fully saturated rings. The van der Waals surface area contributed by atoms with E-state index in [1.165, 1.54) is 6.92 Å². The molecule has 0 heterocycles. The summed E-state index contributed by atoms with van der Waals surface area (Å²) in [5.74, 6) is -1.45. The fraction of sp³-hybridized carbons (Fsp3) is 0.875. The molecule has 0 aromatic rings. The van der Waals surface area contributed by atoms with Gasteiger partial charge >= 0.3 is 11.9 Å². The molecule has 0 amide bonds. The summed E-state index contributed by atoms with van der Waals surface area (Å²) in [4.78, 5) is 43.0. The third-order valence-corrected chi connectivity index (χ3v) is 14.7. The molecular formula is C40H69N3O7. The molecule has 4 aliphatic carbocycles. The number of methoxy groups -OCH3 is 1. The summed E-state index contributed by atoms with van der Waals surface area (Å²) in [5.41, 5.74) is 10.2. The molecule has 4 rings (SSSR count). The van der Waals surface area contributed by atoms with Crippen molar-refractivity contribution in [3.8, 4) is 0 Å². The molecule has 0 spiro atoms. The van der Waals surface area contributed by atoms with Gasteiger partial charge < -0.3 is 35.7 Å². The average Bonchev–Trinajstić information content (AvgIpc) is 3.04. The van der Waals surface area contributed by atoms with E-state index in [4.69, 9.17) is 25.7 Å². The molecule has 10 heteroatoms. The van der Waals surface area contributed by atoms with Crippen molar-refractivity contribution in [3.63, 3.8) is 0 Å². The Bertz CT molecular complexity index is 1250. The molecular weight excluding hydrogens is 634 g/mol. The molecule has 50 heavy (non-hydrogen) atoms. The maximum atomic E-state index is 14.8. The van der Waals surface area contributed by atoms with Crippen LogP contribution in [0.25, 0.3) is 0 Å². The summed E-state index contributed by atoms with van der Waals surface area (Å²) in [6.45, 7) is 21.0. The fourth-order valence-corrected chi connectivity index (χ4v) is 11.6. The van der Waals surface area contributed by atoms with Gasteiger partial charge in [0.2, 0.25) is 0 Å². The molecule has 1 unspecified atom stereocenters. The number of aliphatic carboxylic acids is 1. The van der Waals surface area contributed by atoms with E-state index in [-0.39, 0.29) is 41.5 Å². The van der Waals surface area contributed by atoms with E-state index in [0.29, 0.717) is 38.6 Å². The van der Waals surface area contributed by atoms with Crippen LogP contribution in [0.1, 0.15) is 100 Å². The second-order valence-corrected chi connectivity index (χ2v) is 17.5. The summed E-state index contributed by atoms with van der Waals surface area (Å²) in [7, 11) is 1.71. The van der Waals surface area contributed by atoms with Crippen LogP contribution in [0.5, 0.6) is 0 Å². The summed E-state index contributed by atoms with van der Waals surface area (Å²) < 4.78 is 18.8. The lowest BCUT2D eigenvalue weighted by atomic mass is 9.36. The van der Waals surface area contributed by atoms with E-state index in [0.717, 1.165) is 63.7 Å². The minimum atomic E-state index is -1.04. The monoisotopic (exact) mass is 704 g/mol. The first-order valence-electron chi connectivity index (χ1n) is 19.4. The summed E-state index contributed by atoms with van der Waals surface area (Å²) in [6.07, 6.45) is 6.62. The number of allylic oxidation sites excluding steroid dienone is 2. The number of carbonyl (C=O) groups is 3. The van der Waals surface area contributed by atoms with E-state index in [1.54, 1.807) is 7.11 Å². The molecule has 0 saturated heterocycles. The van der Waals surface area contributed by atoms with Crippen LogP contribution in [0, 0.1) is 57.2 Å². The van der Waals surface area contributed by atoms with Gasteiger partial charge in [-0.3, -0.25) is 14.4 Å². The lowest BCUT2D eigenvalue weighted by Gasteiger charge is -2.67. The van der Waals surface area contributed by atoms with Crippen molar-refractivity contribution in [2.75, 3.05) is 53.0 Å². The molecule has 3 saturated carbocycles. The Morgan fingerprint density at radius 2 is 1.66 bits per heavy atom. The van der Waals surface area contributed by atoms with Crippen molar-refractivity contribution in [2.45, 2.75) is 113 Å². The highest BCUT2D eigenvalue weighted by molar-refractivity contribution is 6.00. The Balaban J connectivity index is 1.72. The van der Waals surface area contributed by atoms with Crippen molar-refractivity contribution >= 4 is 17.7 Å². The average molecular weight is 704 g/mol. The number of esters is 1. The van der Waals surface area contributed by atoms with Crippen LogP contribution < -0.4 is 11.5 Å². The molecule has 0 aromatic carbocycles. The van der Waals surface area contributed by atoms with Crippen LogP contribution in [-0.4, -0.2) is 93.0 Å². The molecule has 286 valence electrons. The number of hydrogen-bond donors (Lipinski definition) is 3. The topological polar surface area (TPSA) is 154 Å². The largest absolute Gasteiger partial charge is 0.481 e. The zero-order chi connectivity index (χ0) is 37.2. The Labute approximate surface area is 301 Å². The van der Waals surface area contributed by atoms with Gasteiger partial charge in [0.05, 0.1) is 19.1 Å². The highest BCUT2D eigenvalue weighted by atomic mass is 16.6. The highest BCUT2D eigenvalue weighted by Gasteiger charge is 2.71. The molecule has 5 N–H and O–H groups in total. The number of rotatable bonds is 16. The molecule has 10 nitrogen and oxygen atoms in total. The van der Waals surface area contributed by atoms with E-state index in [2.05, 4.69) is 46.4 Å². The van der Waals surface area contributed by atoms with Crippen molar-refractivity contribution < 1.29 is 33.7 Å². The van der Waals surface area contributed by atoms with Gasteiger partial charge in [0.25, 0.3) is 0 Å². The van der Waals surface area contributed by atoms with Gasteiger partial charge in [-0.25, -0.2) is 0 Å². The number of ether oxygens (including phenoxy) is 3. The number of nitrogens with two attached hydrogens (primary N) is 2. The Morgan fingerprint density at radius 3 is 2.20 bits per heavy atom. The van der Waals surface area contributed by atoms with Gasteiger partial charge in [-0.1, -0.05) is 54.0 Å². The third-order valence-electron chi connectivity index (χ3n) is 14.7. The normalized spacial score (nSPS) is 39.0. The number of carboxylic acids is 1. The van der Waals surface area contributed by atoms with Gasteiger partial charge in [-0.2, -0.15) is 0 Å². The van der Waals surface area contributed by atoms with Crippen LogP contribution in [-0.2, 0) is 28.6 Å². The van der Waals surface area contributed by atoms with Crippen molar-refractivity contribution in [1.82, 2.24) is 4.90 Å². The van der Waals surface area contributed by atoms with Crippen molar-refractivity contribution in [1.29, 1.82) is 0 Å². The number of carbonyl (C=O) groups excluding carboxylic acids is 2. The molecule has 0 bridgehead atoms.